The molecule has 0 radical (unpaired) electrons. The Bertz CT molecular complexity index is 907. The Morgan fingerprint density at radius 1 is 1.29 bits per heavy atom. The third-order valence-electron chi connectivity index (χ3n) is 4.15. The summed E-state index contributed by atoms with van der Waals surface area (Å²) in [6.45, 7) is 6.04. The summed E-state index contributed by atoms with van der Waals surface area (Å²) in [6.07, 6.45) is 4.31. The predicted octanol–water partition coefficient (Wildman–Crippen LogP) is 3.35. The normalized spacial score (nSPS) is 11.5. The van der Waals surface area contributed by atoms with Gasteiger partial charge in [0.25, 0.3) is 0 Å². The Morgan fingerprint density at radius 3 is 2.89 bits per heavy atom. The zero-order valence-corrected chi connectivity index (χ0v) is 18.4. The number of H-pyrrole nitrogens is 1. The molecule has 0 saturated carbocycles. The van der Waals surface area contributed by atoms with Crippen LogP contribution in [0.3, 0.4) is 0 Å². The van der Waals surface area contributed by atoms with E-state index >= 15 is 0 Å². The summed E-state index contributed by atoms with van der Waals surface area (Å²) in [7, 11) is 0. The number of aromatic nitrogens is 3. The first-order chi connectivity index (χ1) is 13.2. The second kappa shape index (κ2) is 11.0. The summed E-state index contributed by atoms with van der Waals surface area (Å²) >= 11 is 0. The van der Waals surface area contributed by atoms with Gasteiger partial charge in [-0.25, -0.2) is 4.39 Å². The van der Waals surface area contributed by atoms with Crippen LogP contribution in [-0.2, 0) is 12.8 Å². The van der Waals surface area contributed by atoms with Crippen molar-refractivity contribution in [2.45, 2.75) is 33.1 Å². The van der Waals surface area contributed by atoms with E-state index < -0.39 is 0 Å². The zero-order valence-electron chi connectivity index (χ0n) is 16.1. The molecule has 0 fully saturated rings. The quantitative estimate of drug-likeness (QED) is 0.191. The second-order valence-electron chi connectivity index (χ2n) is 6.28. The number of fused-ring (bicyclic) bond motifs is 1. The molecule has 0 atom stereocenters. The lowest BCUT2D eigenvalue weighted by Crippen LogP contribution is -2.38. The largest absolute Gasteiger partial charge is 0.361 e. The van der Waals surface area contributed by atoms with Gasteiger partial charge in [0, 0.05) is 43.2 Å². The van der Waals surface area contributed by atoms with E-state index in [1.807, 2.05) is 26.1 Å². The van der Waals surface area contributed by atoms with Crippen LogP contribution in [0.25, 0.3) is 10.9 Å². The molecule has 152 valence electrons. The lowest BCUT2D eigenvalue weighted by molar-refractivity contribution is 0.372. The van der Waals surface area contributed by atoms with Gasteiger partial charge < -0.3 is 20.1 Å². The number of rotatable bonds is 8. The molecule has 0 aliphatic rings. The molecule has 3 N–H and O–H groups in total. The zero-order chi connectivity index (χ0) is 19.1. The van der Waals surface area contributed by atoms with Crippen LogP contribution in [0.4, 0.5) is 4.39 Å². The summed E-state index contributed by atoms with van der Waals surface area (Å²) in [4.78, 5) is 11.9. The fraction of sp³-hybridized carbons (Fsp3) is 0.421. The van der Waals surface area contributed by atoms with Crippen molar-refractivity contribution in [3.05, 3.63) is 47.5 Å². The highest BCUT2D eigenvalue weighted by Crippen LogP contribution is 2.19. The smallest absolute Gasteiger partial charge is 0.226 e. The third-order valence-corrected chi connectivity index (χ3v) is 4.15. The van der Waals surface area contributed by atoms with Crippen molar-refractivity contribution in [2.75, 3.05) is 19.6 Å². The molecule has 28 heavy (non-hydrogen) atoms. The van der Waals surface area contributed by atoms with E-state index in [4.69, 9.17) is 4.52 Å². The number of hydrogen-bond donors (Lipinski definition) is 3. The SMILES string of the molecule is CCNC(=NCCCc1nc(C)no1)NCCc1c[nH]c2cc(F)ccc12.I. The minimum atomic E-state index is -0.230. The number of nitrogens with zero attached hydrogens (tertiary/aromatic N) is 3. The Kier molecular flexibility index (Phi) is 8.68. The summed E-state index contributed by atoms with van der Waals surface area (Å²) in [6, 6.07) is 4.82. The molecule has 9 heteroatoms. The maximum Gasteiger partial charge on any atom is 0.226 e. The molecule has 0 spiro atoms. The maximum absolute atomic E-state index is 13.3. The highest BCUT2D eigenvalue weighted by molar-refractivity contribution is 14.0. The van der Waals surface area contributed by atoms with Gasteiger partial charge in [-0.15, -0.1) is 24.0 Å². The fourth-order valence-electron chi connectivity index (χ4n) is 2.89. The van der Waals surface area contributed by atoms with Crippen molar-refractivity contribution in [3.63, 3.8) is 0 Å². The topological polar surface area (TPSA) is 91.1 Å². The second-order valence-corrected chi connectivity index (χ2v) is 6.28. The van der Waals surface area contributed by atoms with Crippen LogP contribution >= 0.6 is 24.0 Å². The molecule has 7 nitrogen and oxygen atoms in total. The van der Waals surface area contributed by atoms with Crippen molar-refractivity contribution in [1.29, 1.82) is 0 Å². The average molecular weight is 500 g/mol. The first-order valence-electron chi connectivity index (χ1n) is 9.22. The minimum absolute atomic E-state index is 0. The van der Waals surface area contributed by atoms with Gasteiger partial charge in [0.2, 0.25) is 5.89 Å². The van der Waals surface area contributed by atoms with Crippen LogP contribution in [0.15, 0.2) is 33.9 Å². The molecule has 0 aliphatic carbocycles. The Hall–Kier alpha value is -2.17. The van der Waals surface area contributed by atoms with Crippen molar-refractivity contribution in [3.8, 4) is 0 Å². The van der Waals surface area contributed by atoms with E-state index in [2.05, 4.69) is 30.8 Å². The molecule has 2 heterocycles. The Balaban J connectivity index is 0.00000280. The monoisotopic (exact) mass is 500 g/mol. The van der Waals surface area contributed by atoms with Crippen molar-refractivity contribution >= 4 is 40.8 Å². The third kappa shape index (κ3) is 6.18. The molecule has 2 aromatic heterocycles. The van der Waals surface area contributed by atoms with Gasteiger partial charge in [-0.1, -0.05) is 5.16 Å². The summed E-state index contributed by atoms with van der Waals surface area (Å²) in [5, 5.41) is 11.4. The van der Waals surface area contributed by atoms with E-state index in [1.165, 1.54) is 12.1 Å². The van der Waals surface area contributed by atoms with E-state index in [-0.39, 0.29) is 29.8 Å². The lowest BCUT2D eigenvalue weighted by Gasteiger charge is -2.11. The Morgan fingerprint density at radius 2 is 2.14 bits per heavy atom. The summed E-state index contributed by atoms with van der Waals surface area (Å²) in [5.41, 5.74) is 1.97. The van der Waals surface area contributed by atoms with Crippen LogP contribution in [0.5, 0.6) is 0 Å². The standard InChI is InChI=1S/C19H25FN6O.HI/c1-3-21-19(22-9-4-5-18-25-13(2)26-27-18)23-10-8-14-12-24-17-11-15(20)6-7-16(14)17;/h6-7,11-12,24H,3-5,8-10H2,1-2H3,(H2,21,22,23);1H. The van der Waals surface area contributed by atoms with Gasteiger partial charge in [-0.2, -0.15) is 4.98 Å². The number of aromatic amines is 1. The van der Waals surface area contributed by atoms with Gasteiger partial charge in [-0.3, -0.25) is 4.99 Å². The number of benzene rings is 1. The van der Waals surface area contributed by atoms with Crippen molar-refractivity contribution < 1.29 is 8.91 Å². The number of nitrogens with one attached hydrogen (secondary N) is 3. The molecular formula is C19H26FIN6O. The molecule has 0 bridgehead atoms. The van der Waals surface area contributed by atoms with E-state index in [0.717, 1.165) is 54.8 Å². The fourth-order valence-corrected chi connectivity index (χ4v) is 2.89. The minimum Gasteiger partial charge on any atom is -0.361 e. The number of hydrogen-bond acceptors (Lipinski definition) is 4. The van der Waals surface area contributed by atoms with Crippen LogP contribution in [0.1, 0.15) is 30.6 Å². The molecule has 1 aromatic carbocycles. The first-order valence-corrected chi connectivity index (χ1v) is 9.22. The highest BCUT2D eigenvalue weighted by atomic mass is 127. The van der Waals surface area contributed by atoms with Gasteiger partial charge in [-0.05, 0) is 50.5 Å². The summed E-state index contributed by atoms with van der Waals surface area (Å²) < 4.78 is 18.4. The van der Waals surface area contributed by atoms with Gasteiger partial charge in [0.05, 0.1) is 0 Å². The Labute approximate surface area is 180 Å². The number of aryl methyl sites for hydroxylation is 2. The van der Waals surface area contributed by atoms with Gasteiger partial charge >= 0.3 is 0 Å². The van der Waals surface area contributed by atoms with E-state index in [9.17, 15) is 4.39 Å². The van der Waals surface area contributed by atoms with Crippen LogP contribution in [-0.4, -0.2) is 40.7 Å². The van der Waals surface area contributed by atoms with E-state index in [1.54, 1.807) is 0 Å². The highest BCUT2D eigenvalue weighted by Gasteiger charge is 2.06. The van der Waals surface area contributed by atoms with Crippen molar-refractivity contribution in [2.24, 2.45) is 4.99 Å². The molecule has 0 saturated heterocycles. The summed E-state index contributed by atoms with van der Waals surface area (Å²) in [5.74, 6) is 1.86. The van der Waals surface area contributed by atoms with Crippen LogP contribution < -0.4 is 10.6 Å². The number of aliphatic imine (C=N–C) groups is 1. The lowest BCUT2D eigenvalue weighted by atomic mass is 10.1. The van der Waals surface area contributed by atoms with Gasteiger partial charge in [0.15, 0.2) is 11.8 Å². The van der Waals surface area contributed by atoms with E-state index in [0.29, 0.717) is 18.3 Å². The molecular weight excluding hydrogens is 474 g/mol. The maximum atomic E-state index is 13.3. The van der Waals surface area contributed by atoms with Crippen LogP contribution in [0, 0.1) is 12.7 Å². The van der Waals surface area contributed by atoms with Gasteiger partial charge in [0.1, 0.15) is 5.82 Å². The predicted molar refractivity (Wildman–Crippen MR) is 119 cm³/mol. The molecule has 3 aromatic rings. The molecule has 3 rings (SSSR count). The average Bonchev–Trinajstić information content (AvgIpc) is 3.24. The van der Waals surface area contributed by atoms with Crippen molar-refractivity contribution in [1.82, 2.24) is 25.8 Å². The molecule has 0 aliphatic heterocycles. The number of halogens is 2. The van der Waals surface area contributed by atoms with Crippen LogP contribution in [0.2, 0.25) is 0 Å². The molecule has 0 unspecified atom stereocenters. The first kappa shape index (κ1) is 22.1. The number of guanidine groups is 1. The molecule has 0 amide bonds.